The van der Waals surface area contributed by atoms with Gasteiger partial charge in [0.25, 0.3) is 0 Å². The number of Topliss-reactive ketones (excluding diaryl/α,β-unsaturated/α-hetero) is 1. The number of aryl methyl sites for hydroxylation is 2. The number of ether oxygens (including phenoxy) is 1. The molecule has 2 amide bonds. The Labute approximate surface area is 361 Å². The molecule has 5 aromatic rings. The second-order valence-corrected chi connectivity index (χ2v) is 16.2. The minimum Gasteiger partial charge on any atom is -0.486 e. The van der Waals surface area contributed by atoms with Gasteiger partial charge in [-0.15, -0.1) is 10.2 Å². The van der Waals surface area contributed by atoms with E-state index in [1.54, 1.807) is 24.3 Å². The fraction of sp³-hybridized carbons (Fsp3) is 0.362. The van der Waals surface area contributed by atoms with Gasteiger partial charge in [0.15, 0.2) is 11.6 Å². The normalized spacial score (nSPS) is 15.5. The number of aliphatic imine (C=N–C) groups is 1. The molecular weight excluding hydrogens is 794 g/mol. The summed E-state index contributed by atoms with van der Waals surface area (Å²) in [5.41, 5.74) is 6.05. The van der Waals surface area contributed by atoms with Crippen LogP contribution in [0.4, 0.5) is 4.39 Å². The smallest absolute Gasteiger partial charge is 0.326 e. The molecule has 2 aliphatic heterocycles. The van der Waals surface area contributed by atoms with Crippen molar-refractivity contribution in [2.75, 3.05) is 26.2 Å². The molecule has 0 spiro atoms. The summed E-state index contributed by atoms with van der Waals surface area (Å²) in [7, 11) is 0.839. The SMILES string of the molecule is CCNC(=O)CC1N=C(c2ccc(Cl)cc2)c2cc(OCC(=O)C(CC)CCc3cccc(C4CCN(C(=O)Cc5ccc([B]O)cc5F)CC4)c3)ccc2-n2c(C)nnc21. The van der Waals surface area contributed by atoms with E-state index in [1.165, 1.54) is 11.6 Å². The molecule has 1 radical (unpaired) electrons. The molecule has 2 N–H and O–H groups in total. The number of halogens is 2. The van der Waals surface area contributed by atoms with Crippen molar-refractivity contribution in [2.45, 2.75) is 77.7 Å². The Bertz CT molecular complexity index is 2410. The first kappa shape index (κ1) is 43.4. The molecule has 2 aliphatic rings. The standard InChI is InChI=1S/C47H50BClFN6O5/c1-4-31(10-9-30-7-6-8-34(23-30)32-19-21-55(22-20-32)45(59)24-35-11-14-36(48-60)25-40(35)50)43(57)28-61-38-17-18-42-39(26-38)46(33-12-15-37(49)16-13-33)52-41(27-44(58)51-5-2)47-54-53-29(3)56(42)47/h6-8,11-18,23,25-26,31-32,41,60H,4-5,9-10,19-22,24,27-28H2,1-3H3,(H,51,58). The van der Waals surface area contributed by atoms with Gasteiger partial charge in [-0.05, 0) is 105 Å². The van der Waals surface area contributed by atoms with Crippen molar-refractivity contribution in [1.29, 1.82) is 0 Å². The third-order valence-corrected chi connectivity index (χ3v) is 12.0. The van der Waals surface area contributed by atoms with Crippen LogP contribution in [0.25, 0.3) is 5.69 Å². The fourth-order valence-corrected chi connectivity index (χ4v) is 8.44. The van der Waals surface area contributed by atoms with Crippen LogP contribution in [0.15, 0.2) is 89.9 Å². The Hall–Kier alpha value is -5.66. The van der Waals surface area contributed by atoms with Gasteiger partial charge >= 0.3 is 7.48 Å². The van der Waals surface area contributed by atoms with Gasteiger partial charge in [0.1, 0.15) is 30.0 Å². The highest BCUT2D eigenvalue weighted by Gasteiger charge is 2.31. The number of ketones is 1. The minimum atomic E-state index is -0.604. The molecule has 7 rings (SSSR count). The number of carbonyl (C=O) groups is 3. The summed E-state index contributed by atoms with van der Waals surface area (Å²) in [4.78, 5) is 46.5. The van der Waals surface area contributed by atoms with Crippen LogP contribution < -0.4 is 15.5 Å². The predicted molar refractivity (Wildman–Crippen MR) is 235 cm³/mol. The monoisotopic (exact) mass is 843 g/mol. The fourth-order valence-electron chi connectivity index (χ4n) is 8.32. The number of nitrogens with zero attached hydrogens (tertiary/aromatic N) is 5. The van der Waals surface area contributed by atoms with Gasteiger partial charge in [-0.2, -0.15) is 0 Å². The van der Waals surface area contributed by atoms with Gasteiger partial charge in [0, 0.05) is 41.7 Å². The highest BCUT2D eigenvalue weighted by molar-refractivity contribution is 6.45. The van der Waals surface area contributed by atoms with Crippen LogP contribution in [0.5, 0.6) is 5.75 Å². The molecule has 4 aromatic carbocycles. The number of likely N-dealkylation sites (tertiary alicyclic amines) is 1. The Balaban J connectivity index is 0.988. The molecule has 315 valence electrons. The quantitative estimate of drug-likeness (QED) is 0.107. The third-order valence-electron chi connectivity index (χ3n) is 11.7. The first-order valence-corrected chi connectivity index (χ1v) is 21.4. The summed E-state index contributed by atoms with van der Waals surface area (Å²) in [6.07, 6.45) is 3.82. The lowest BCUT2D eigenvalue weighted by Gasteiger charge is -2.32. The van der Waals surface area contributed by atoms with Gasteiger partial charge in [-0.3, -0.25) is 23.9 Å². The van der Waals surface area contributed by atoms with Gasteiger partial charge in [0.05, 0.1) is 24.2 Å². The number of amides is 2. The number of fused-ring (bicyclic) bond motifs is 3. The van der Waals surface area contributed by atoms with Crippen molar-refractivity contribution in [2.24, 2.45) is 10.9 Å². The van der Waals surface area contributed by atoms with Crippen LogP contribution >= 0.6 is 11.6 Å². The van der Waals surface area contributed by atoms with Crippen molar-refractivity contribution in [3.63, 3.8) is 0 Å². The molecule has 61 heavy (non-hydrogen) atoms. The van der Waals surface area contributed by atoms with E-state index in [-0.39, 0.29) is 43.0 Å². The van der Waals surface area contributed by atoms with E-state index in [0.717, 1.165) is 49.1 Å². The summed E-state index contributed by atoms with van der Waals surface area (Å²) in [6, 6.07) is 25.3. The number of hydrogen-bond acceptors (Lipinski definition) is 8. The number of rotatable bonds is 16. The lowest BCUT2D eigenvalue weighted by Crippen LogP contribution is -2.39. The topological polar surface area (TPSA) is 139 Å². The lowest BCUT2D eigenvalue weighted by atomic mass is 9.86. The summed E-state index contributed by atoms with van der Waals surface area (Å²) in [5.74, 6) is 1.12. The number of hydrogen-bond donors (Lipinski definition) is 2. The second-order valence-electron chi connectivity index (χ2n) is 15.7. The van der Waals surface area contributed by atoms with Crippen molar-refractivity contribution >= 4 is 47.9 Å². The Morgan fingerprint density at radius 1 is 1.00 bits per heavy atom. The number of benzene rings is 4. The Morgan fingerprint density at radius 3 is 2.51 bits per heavy atom. The first-order valence-electron chi connectivity index (χ1n) is 21.0. The number of piperidine rings is 1. The molecule has 2 unspecified atom stereocenters. The zero-order valence-electron chi connectivity index (χ0n) is 34.7. The first-order chi connectivity index (χ1) is 29.5. The highest BCUT2D eigenvalue weighted by Crippen LogP contribution is 2.35. The highest BCUT2D eigenvalue weighted by atomic mass is 35.5. The molecule has 0 saturated carbocycles. The zero-order valence-corrected chi connectivity index (χ0v) is 35.5. The average molecular weight is 844 g/mol. The van der Waals surface area contributed by atoms with Gasteiger partial charge < -0.3 is 20.0 Å². The van der Waals surface area contributed by atoms with Crippen LogP contribution in [-0.4, -0.2) is 81.7 Å². The second kappa shape index (κ2) is 19.8. The number of carbonyl (C=O) groups excluding carboxylic acids is 3. The molecule has 14 heteroatoms. The van der Waals surface area contributed by atoms with Crippen molar-refractivity contribution in [3.05, 3.63) is 135 Å². The maximum Gasteiger partial charge on any atom is 0.326 e. The van der Waals surface area contributed by atoms with Crippen molar-refractivity contribution in [1.82, 2.24) is 25.0 Å². The van der Waals surface area contributed by atoms with Crippen LogP contribution in [0, 0.1) is 18.7 Å². The van der Waals surface area contributed by atoms with Crippen LogP contribution in [0.3, 0.4) is 0 Å². The van der Waals surface area contributed by atoms with Crippen molar-refractivity contribution < 1.29 is 28.5 Å². The maximum absolute atomic E-state index is 14.5. The van der Waals surface area contributed by atoms with Crippen LogP contribution in [-0.2, 0) is 27.2 Å². The van der Waals surface area contributed by atoms with Crippen LogP contribution in [0.2, 0.25) is 5.02 Å². The lowest BCUT2D eigenvalue weighted by molar-refractivity contribution is -0.131. The van der Waals surface area contributed by atoms with E-state index < -0.39 is 11.9 Å². The van der Waals surface area contributed by atoms with Gasteiger partial charge in [-0.25, -0.2) is 4.39 Å². The van der Waals surface area contributed by atoms with E-state index in [4.69, 9.17) is 26.4 Å². The summed E-state index contributed by atoms with van der Waals surface area (Å²) >= 11 is 6.27. The van der Waals surface area contributed by atoms with Gasteiger partial charge in [0.2, 0.25) is 11.8 Å². The molecule has 2 atom stereocenters. The van der Waals surface area contributed by atoms with E-state index in [0.29, 0.717) is 77.6 Å². The van der Waals surface area contributed by atoms with Gasteiger partial charge in [-0.1, -0.05) is 72.5 Å². The molecule has 1 aromatic heterocycles. The minimum absolute atomic E-state index is 0.0138. The third kappa shape index (κ3) is 10.3. The zero-order chi connectivity index (χ0) is 43.0. The van der Waals surface area contributed by atoms with E-state index in [1.807, 2.05) is 60.6 Å². The molecular formula is C47H50BClFN6O5. The molecule has 1 saturated heterocycles. The molecule has 0 bridgehead atoms. The maximum atomic E-state index is 14.5. The van der Waals surface area contributed by atoms with Crippen molar-refractivity contribution in [3.8, 4) is 11.4 Å². The van der Waals surface area contributed by atoms with E-state index in [9.17, 15) is 18.8 Å². The summed E-state index contributed by atoms with van der Waals surface area (Å²) in [6.45, 7) is 7.38. The summed E-state index contributed by atoms with van der Waals surface area (Å²) < 4.78 is 22.6. The average Bonchev–Trinajstić information content (AvgIpc) is 3.60. The van der Waals surface area contributed by atoms with E-state index in [2.05, 4.69) is 39.8 Å². The largest absolute Gasteiger partial charge is 0.486 e. The number of nitrogens with one attached hydrogen (secondary N) is 1. The molecule has 0 aliphatic carbocycles. The molecule has 1 fully saturated rings. The predicted octanol–water partition coefficient (Wildman–Crippen LogP) is 6.58. The summed E-state index contributed by atoms with van der Waals surface area (Å²) in [5, 5.41) is 21.4. The Morgan fingerprint density at radius 2 is 1.79 bits per heavy atom. The van der Waals surface area contributed by atoms with Crippen LogP contribution in [0.1, 0.15) is 97.4 Å². The van der Waals surface area contributed by atoms with E-state index >= 15 is 0 Å². The Kier molecular flexibility index (Phi) is 14.1. The number of aromatic nitrogens is 3. The molecule has 11 nitrogen and oxygen atoms in total. The molecule has 3 heterocycles.